The van der Waals surface area contributed by atoms with E-state index in [1.54, 1.807) is 30.3 Å². The average Bonchev–Trinajstić information content (AvgIpc) is 3.31. The predicted molar refractivity (Wildman–Crippen MR) is 152 cm³/mol. The van der Waals surface area contributed by atoms with Gasteiger partial charge < -0.3 is 24.0 Å². The Morgan fingerprint density at radius 2 is 1.88 bits per heavy atom. The molecule has 3 aromatic carbocycles. The summed E-state index contributed by atoms with van der Waals surface area (Å²) >= 11 is 0. The van der Waals surface area contributed by atoms with Gasteiger partial charge >= 0.3 is 5.97 Å². The molecule has 2 saturated heterocycles. The number of benzene rings is 3. The minimum Gasteiger partial charge on any atom is -0.486 e. The zero-order chi connectivity index (χ0) is 29.2. The molecule has 0 radical (unpaired) electrons. The molecule has 2 fully saturated rings. The van der Waals surface area contributed by atoms with Gasteiger partial charge in [-0.15, -0.1) is 0 Å². The maximum Gasteiger partial charge on any atom is 0.335 e. The molecular weight excluding hydrogens is 544 g/mol. The van der Waals surface area contributed by atoms with Crippen LogP contribution in [-0.2, 0) is 24.4 Å². The zero-order valence-corrected chi connectivity index (χ0v) is 22.8. The minimum absolute atomic E-state index is 0.0382. The average molecular weight is 574 g/mol. The van der Waals surface area contributed by atoms with Gasteiger partial charge in [0.2, 0.25) is 0 Å². The molecule has 0 amide bonds. The summed E-state index contributed by atoms with van der Waals surface area (Å²) in [6.07, 6.45) is 1.06. The quantitative estimate of drug-likeness (QED) is 0.274. The number of halogens is 2. The predicted octanol–water partition coefficient (Wildman–Crippen LogP) is 5.25. The van der Waals surface area contributed by atoms with E-state index in [1.165, 1.54) is 18.2 Å². The third-order valence-corrected chi connectivity index (χ3v) is 7.82. The molecule has 1 atom stereocenters. The van der Waals surface area contributed by atoms with E-state index in [0.29, 0.717) is 26.2 Å². The molecule has 9 nitrogen and oxygen atoms in total. The smallest absolute Gasteiger partial charge is 0.335 e. The third-order valence-electron chi connectivity index (χ3n) is 7.82. The molecular formula is C31H29F2N5O4. The van der Waals surface area contributed by atoms with Crippen LogP contribution in [0.2, 0.25) is 0 Å². The molecule has 0 bridgehead atoms. The van der Waals surface area contributed by atoms with E-state index in [4.69, 9.17) is 21.0 Å². The van der Waals surface area contributed by atoms with Crippen molar-refractivity contribution in [2.45, 2.75) is 32.2 Å². The molecule has 2 aliphatic rings. The number of aromatic nitrogens is 2. The molecule has 0 spiro atoms. The van der Waals surface area contributed by atoms with Crippen LogP contribution < -0.4 is 9.64 Å². The van der Waals surface area contributed by atoms with Crippen LogP contribution in [0, 0.1) is 18.2 Å². The van der Waals surface area contributed by atoms with Gasteiger partial charge in [-0.25, -0.2) is 23.4 Å². The number of fused-ring (bicyclic) bond motifs is 1. The molecule has 3 heterocycles. The van der Waals surface area contributed by atoms with Crippen molar-refractivity contribution in [3.8, 4) is 5.75 Å². The minimum atomic E-state index is -0.973. The van der Waals surface area contributed by atoms with E-state index in [1.807, 2.05) is 0 Å². The summed E-state index contributed by atoms with van der Waals surface area (Å²) in [7, 11) is 0. The number of nitrogens with zero attached hydrogens (tertiary/aromatic N) is 5. The fourth-order valence-electron chi connectivity index (χ4n) is 5.30. The molecule has 1 N–H and O–H groups in total. The lowest BCUT2D eigenvalue weighted by molar-refractivity contribution is -0.0592. The summed E-state index contributed by atoms with van der Waals surface area (Å²) in [5, 5.41) is 9.48. The second-order valence-electron chi connectivity index (χ2n) is 10.5. The lowest BCUT2D eigenvalue weighted by Crippen LogP contribution is -2.46. The highest BCUT2D eigenvalue weighted by atomic mass is 19.1. The maximum atomic E-state index is 14.5. The van der Waals surface area contributed by atoms with Gasteiger partial charge in [-0.05, 0) is 42.8 Å². The van der Waals surface area contributed by atoms with Gasteiger partial charge in [0.15, 0.2) is 17.3 Å². The summed E-state index contributed by atoms with van der Waals surface area (Å²) in [5.41, 5.74) is 3.03. The van der Waals surface area contributed by atoms with Crippen LogP contribution in [0.3, 0.4) is 0 Å². The summed E-state index contributed by atoms with van der Waals surface area (Å²) in [5.74, 6) is -1.16. The van der Waals surface area contributed by atoms with Crippen LogP contribution in [0.25, 0.3) is 15.9 Å². The highest BCUT2D eigenvalue weighted by Crippen LogP contribution is 2.28. The number of carbonyl (C=O) groups is 1. The first-order valence-corrected chi connectivity index (χ1v) is 13.8. The topological polar surface area (TPSA) is 84.4 Å². The monoisotopic (exact) mass is 573 g/mol. The fraction of sp³-hybridized carbons (Fsp3) is 0.323. The normalized spacial score (nSPS) is 17.2. The Hall–Kier alpha value is -4.53. The first-order chi connectivity index (χ1) is 20.4. The van der Waals surface area contributed by atoms with E-state index in [2.05, 4.69) is 19.2 Å². The second-order valence-corrected chi connectivity index (χ2v) is 10.5. The van der Waals surface area contributed by atoms with Crippen LogP contribution >= 0.6 is 0 Å². The Bertz CT molecular complexity index is 1670. The Balaban J connectivity index is 1.12. The number of rotatable bonds is 9. The van der Waals surface area contributed by atoms with Gasteiger partial charge in [0.25, 0.3) is 0 Å². The van der Waals surface area contributed by atoms with Crippen LogP contribution in [0.1, 0.15) is 28.2 Å². The first kappa shape index (κ1) is 27.6. The Morgan fingerprint density at radius 3 is 2.57 bits per heavy atom. The van der Waals surface area contributed by atoms with Crippen molar-refractivity contribution in [1.29, 1.82) is 0 Å². The molecule has 0 aliphatic carbocycles. The largest absolute Gasteiger partial charge is 0.486 e. The molecule has 216 valence electrons. The van der Waals surface area contributed by atoms with Crippen LogP contribution in [0.4, 0.5) is 20.2 Å². The number of hydrogen-bond acceptors (Lipinski definition) is 6. The van der Waals surface area contributed by atoms with Crippen molar-refractivity contribution < 1.29 is 28.2 Å². The van der Waals surface area contributed by atoms with E-state index in [-0.39, 0.29) is 35.3 Å². The number of anilines is 1. The number of ether oxygens (including phenoxy) is 2. The second kappa shape index (κ2) is 11.8. The Morgan fingerprint density at radius 1 is 1.07 bits per heavy atom. The highest BCUT2D eigenvalue weighted by Gasteiger charge is 2.25. The third kappa shape index (κ3) is 5.77. The summed E-state index contributed by atoms with van der Waals surface area (Å²) < 4.78 is 42.2. The van der Waals surface area contributed by atoms with Crippen molar-refractivity contribution >= 4 is 28.4 Å². The maximum absolute atomic E-state index is 14.5. The van der Waals surface area contributed by atoms with Gasteiger partial charge in [0.1, 0.15) is 18.2 Å². The number of aromatic carboxylic acids is 1. The molecule has 4 aromatic rings. The van der Waals surface area contributed by atoms with Crippen molar-refractivity contribution in [2.75, 3.05) is 37.7 Å². The highest BCUT2D eigenvalue weighted by molar-refractivity contribution is 5.92. The van der Waals surface area contributed by atoms with E-state index in [9.17, 15) is 18.7 Å². The van der Waals surface area contributed by atoms with Gasteiger partial charge in [-0.1, -0.05) is 12.1 Å². The van der Waals surface area contributed by atoms with Crippen molar-refractivity contribution in [2.24, 2.45) is 0 Å². The van der Waals surface area contributed by atoms with E-state index >= 15 is 0 Å². The van der Waals surface area contributed by atoms with Gasteiger partial charge in [0, 0.05) is 50.1 Å². The Kier molecular flexibility index (Phi) is 7.73. The van der Waals surface area contributed by atoms with Crippen molar-refractivity contribution in [1.82, 2.24) is 14.5 Å². The summed E-state index contributed by atoms with van der Waals surface area (Å²) in [4.78, 5) is 24.1. The molecule has 42 heavy (non-hydrogen) atoms. The van der Waals surface area contributed by atoms with Gasteiger partial charge in [0.05, 0.1) is 42.4 Å². The fourth-order valence-corrected chi connectivity index (χ4v) is 5.30. The number of piperazine rings is 1. The molecule has 2 aliphatic heterocycles. The molecule has 0 unspecified atom stereocenters. The number of carboxylic acid groups (broad SMARTS) is 1. The molecule has 1 aromatic heterocycles. The standard InChI is InChI=1S/C31H29F2N5O4/c1-34-22-4-2-21(26(33)15-22)19-42-29-16-23(5-6-25(29)32)37-11-9-36(10-12-37)18-30-35-27-7-3-20(31(39)40)14-28(27)38(30)17-24-8-13-41-24/h2-7,14-16,24H,8-13,17-19H2,(H,39,40)/t24-/m0/s1. The van der Waals surface area contributed by atoms with Gasteiger partial charge in [-0.2, -0.15) is 0 Å². The van der Waals surface area contributed by atoms with Gasteiger partial charge in [-0.3, -0.25) is 4.90 Å². The van der Waals surface area contributed by atoms with E-state index < -0.39 is 17.6 Å². The lowest BCUT2D eigenvalue weighted by Gasteiger charge is -2.36. The SMILES string of the molecule is [C-]#[N+]c1ccc(COc2cc(N3CCN(Cc4nc5ccc(C(=O)O)cc5n4C[C@@H]4CCO4)CC3)ccc2F)c(F)c1. The number of carboxylic acids is 1. The summed E-state index contributed by atoms with van der Waals surface area (Å²) in [6, 6.07) is 13.8. The molecule has 11 heteroatoms. The molecule has 0 saturated carbocycles. The number of hydrogen-bond donors (Lipinski definition) is 1. The Labute approximate surface area is 241 Å². The number of imidazole rings is 1. The van der Waals surface area contributed by atoms with Crippen LogP contribution in [0.15, 0.2) is 54.6 Å². The summed E-state index contributed by atoms with van der Waals surface area (Å²) in [6.45, 7) is 11.7. The van der Waals surface area contributed by atoms with Crippen molar-refractivity contribution in [3.63, 3.8) is 0 Å². The first-order valence-electron chi connectivity index (χ1n) is 13.8. The van der Waals surface area contributed by atoms with Crippen LogP contribution in [-0.4, -0.2) is 64.4 Å². The van der Waals surface area contributed by atoms with Crippen LogP contribution in [0.5, 0.6) is 5.75 Å². The van der Waals surface area contributed by atoms with E-state index in [0.717, 1.165) is 54.7 Å². The molecule has 6 rings (SSSR count). The lowest BCUT2D eigenvalue weighted by atomic mass is 10.1. The van der Waals surface area contributed by atoms with Crippen molar-refractivity contribution in [3.05, 3.63) is 94.6 Å². The zero-order valence-electron chi connectivity index (χ0n) is 22.8.